The Bertz CT molecular complexity index is 602. The second-order valence-corrected chi connectivity index (χ2v) is 3.53. The number of nitrogens with one attached hydrogen (secondary N) is 2. The molecule has 17 heavy (non-hydrogen) atoms. The van der Waals surface area contributed by atoms with Crippen molar-refractivity contribution in [1.82, 2.24) is 9.97 Å². The molecule has 6 N–H and O–H groups in total. The molecule has 3 aromatic rings. The van der Waals surface area contributed by atoms with E-state index in [4.69, 9.17) is 5.41 Å². The smallest absolute Gasteiger partial charge is 0.183 e. The number of guanidine groups is 1. The Hall–Kier alpha value is -2.56. The SMILES string of the molecule is N=C(N)N.c1ccc2c(c1)[nH]c1ncccc12. The molecule has 86 valence electrons. The van der Waals surface area contributed by atoms with Gasteiger partial charge in [0, 0.05) is 22.5 Å². The zero-order chi connectivity index (χ0) is 12.3. The molecule has 0 saturated carbocycles. The molecular formula is C12H13N5. The van der Waals surface area contributed by atoms with Gasteiger partial charge in [0.1, 0.15) is 5.65 Å². The molecule has 0 saturated heterocycles. The highest BCUT2D eigenvalue weighted by Gasteiger charge is 2.01. The van der Waals surface area contributed by atoms with Gasteiger partial charge in [0.25, 0.3) is 0 Å². The first-order valence-corrected chi connectivity index (χ1v) is 5.09. The highest BCUT2D eigenvalue weighted by Crippen LogP contribution is 2.22. The molecule has 1 aromatic carbocycles. The maximum absolute atomic E-state index is 6.06. The van der Waals surface area contributed by atoms with Crippen LogP contribution in [0.4, 0.5) is 0 Å². The van der Waals surface area contributed by atoms with Gasteiger partial charge in [-0.15, -0.1) is 0 Å². The molecule has 5 nitrogen and oxygen atoms in total. The van der Waals surface area contributed by atoms with E-state index in [1.807, 2.05) is 18.2 Å². The minimum atomic E-state index is -0.333. The molecule has 0 aliphatic carbocycles. The summed E-state index contributed by atoms with van der Waals surface area (Å²) in [6.07, 6.45) is 1.80. The van der Waals surface area contributed by atoms with Gasteiger partial charge in [-0.05, 0) is 18.2 Å². The van der Waals surface area contributed by atoms with Crippen molar-refractivity contribution in [2.45, 2.75) is 0 Å². The Kier molecular flexibility index (Phi) is 2.91. The normalized spacial score (nSPS) is 9.88. The molecule has 2 heterocycles. The number of rotatable bonds is 0. The van der Waals surface area contributed by atoms with E-state index in [1.54, 1.807) is 6.20 Å². The van der Waals surface area contributed by atoms with Crippen LogP contribution >= 0.6 is 0 Å². The van der Waals surface area contributed by atoms with Gasteiger partial charge in [0.2, 0.25) is 0 Å². The van der Waals surface area contributed by atoms with E-state index >= 15 is 0 Å². The summed E-state index contributed by atoms with van der Waals surface area (Å²) in [4.78, 5) is 7.53. The van der Waals surface area contributed by atoms with Crippen molar-refractivity contribution in [2.75, 3.05) is 0 Å². The molecule has 0 radical (unpaired) electrons. The summed E-state index contributed by atoms with van der Waals surface area (Å²) in [6, 6.07) is 12.3. The van der Waals surface area contributed by atoms with Crippen LogP contribution in [-0.4, -0.2) is 15.9 Å². The number of H-pyrrole nitrogens is 1. The maximum atomic E-state index is 6.06. The lowest BCUT2D eigenvalue weighted by Gasteiger charge is -1.87. The monoisotopic (exact) mass is 227 g/mol. The largest absolute Gasteiger partial charge is 0.370 e. The quantitative estimate of drug-likeness (QED) is 0.346. The van der Waals surface area contributed by atoms with E-state index in [0.717, 1.165) is 11.2 Å². The number of aromatic amines is 1. The number of aromatic nitrogens is 2. The summed E-state index contributed by atoms with van der Waals surface area (Å²) in [6.45, 7) is 0. The van der Waals surface area contributed by atoms with Crippen molar-refractivity contribution in [1.29, 1.82) is 5.41 Å². The van der Waals surface area contributed by atoms with Gasteiger partial charge in [-0.2, -0.15) is 0 Å². The lowest BCUT2D eigenvalue weighted by atomic mass is 10.2. The van der Waals surface area contributed by atoms with E-state index in [0.29, 0.717) is 0 Å². The Morgan fingerprint density at radius 1 is 1.06 bits per heavy atom. The number of hydrogen-bond donors (Lipinski definition) is 4. The molecule has 5 heteroatoms. The summed E-state index contributed by atoms with van der Waals surface area (Å²) in [5.74, 6) is -0.333. The highest BCUT2D eigenvalue weighted by atomic mass is 14.9. The van der Waals surface area contributed by atoms with E-state index in [1.165, 1.54) is 10.8 Å². The lowest BCUT2D eigenvalue weighted by molar-refractivity contribution is 1.35. The molecule has 0 bridgehead atoms. The summed E-state index contributed by atoms with van der Waals surface area (Å²) in [5.41, 5.74) is 11.1. The van der Waals surface area contributed by atoms with Crippen LogP contribution in [0.2, 0.25) is 0 Å². The Morgan fingerprint density at radius 3 is 2.47 bits per heavy atom. The van der Waals surface area contributed by atoms with Gasteiger partial charge < -0.3 is 16.5 Å². The second kappa shape index (κ2) is 4.52. The van der Waals surface area contributed by atoms with Crippen LogP contribution in [0.25, 0.3) is 21.9 Å². The van der Waals surface area contributed by atoms with Gasteiger partial charge in [0.15, 0.2) is 5.96 Å². The summed E-state index contributed by atoms with van der Waals surface area (Å²) in [7, 11) is 0. The molecule has 0 fully saturated rings. The van der Waals surface area contributed by atoms with E-state index in [-0.39, 0.29) is 5.96 Å². The van der Waals surface area contributed by atoms with Crippen molar-refractivity contribution >= 4 is 27.9 Å². The fourth-order valence-electron chi connectivity index (χ4n) is 1.68. The highest BCUT2D eigenvalue weighted by molar-refractivity contribution is 6.05. The predicted octanol–water partition coefficient (Wildman–Crippen LogP) is 1.55. The summed E-state index contributed by atoms with van der Waals surface area (Å²) >= 11 is 0. The van der Waals surface area contributed by atoms with Crippen LogP contribution in [-0.2, 0) is 0 Å². The number of nitrogens with two attached hydrogens (primary N) is 2. The maximum Gasteiger partial charge on any atom is 0.183 e. The molecule has 0 aliphatic heterocycles. The molecule has 0 unspecified atom stereocenters. The first-order valence-electron chi connectivity index (χ1n) is 5.09. The lowest BCUT2D eigenvalue weighted by Crippen LogP contribution is -2.20. The second-order valence-electron chi connectivity index (χ2n) is 3.53. The summed E-state index contributed by atoms with van der Waals surface area (Å²) in [5, 5.41) is 8.49. The first-order chi connectivity index (χ1) is 8.18. The van der Waals surface area contributed by atoms with Crippen LogP contribution < -0.4 is 11.5 Å². The van der Waals surface area contributed by atoms with Crippen LogP contribution in [0.15, 0.2) is 42.6 Å². The number of benzene rings is 1. The van der Waals surface area contributed by atoms with Crippen molar-refractivity contribution in [2.24, 2.45) is 11.5 Å². The average Bonchev–Trinajstić information content (AvgIpc) is 2.66. The van der Waals surface area contributed by atoms with Crippen molar-refractivity contribution in [3.05, 3.63) is 42.6 Å². The molecule has 0 spiro atoms. The van der Waals surface area contributed by atoms with Gasteiger partial charge in [0.05, 0.1) is 0 Å². The van der Waals surface area contributed by atoms with E-state index in [9.17, 15) is 0 Å². The van der Waals surface area contributed by atoms with Crippen LogP contribution in [0.5, 0.6) is 0 Å². The predicted molar refractivity (Wildman–Crippen MR) is 69.7 cm³/mol. The molecule has 0 aliphatic rings. The molecule has 0 amide bonds. The Labute approximate surface area is 98.0 Å². The standard InChI is InChI=1S/C11H8N2.CH5N3/c1-2-6-10-8(4-1)9-5-3-7-12-11(9)13-10;2-1(3)4/h1-7H,(H,12,13);(H5,2,3,4). The van der Waals surface area contributed by atoms with E-state index < -0.39 is 0 Å². The fourth-order valence-corrected chi connectivity index (χ4v) is 1.68. The first kappa shape index (κ1) is 10.9. The van der Waals surface area contributed by atoms with Crippen molar-refractivity contribution < 1.29 is 0 Å². The van der Waals surface area contributed by atoms with Gasteiger partial charge >= 0.3 is 0 Å². The third kappa shape index (κ3) is 2.34. The number of hydrogen-bond acceptors (Lipinski definition) is 2. The molecular weight excluding hydrogens is 214 g/mol. The third-order valence-corrected chi connectivity index (χ3v) is 2.28. The number of para-hydroxylation sites is 1. The van der Waals surface area contributed by atoms with Crippen molar-refractivity contribution in [3.8, 4) is 0 Å². The van der Waals surface area contributed by atoms with Gasteiger partial charge in [-0.3, -0.25) is 5.41 Å². The van der Waals surface area contributed by atoms with Crippen LogP contribution in [0, 0.1) is 5.41 Å². The minimum absolute atomic E-state index is 0.333. The fraction of sp³-hybridized carbons (Fsp3) is 0. The zero-order valence-electron chi connectivity index (χ0n) is 9.14. The average molecular weight is 227 g/mol. The number of fused-ring (bicyclic) bond motifs is 3. The van der Waals surface area contributed by atoms with E-state index in [2.05, 4.69) is 39.6 Å². The van der Waals surface area contributed by atoms with Gasteiger partial charge in [-0.1, -0.05) is 18.2 Å². The van der Waals surface area contributed by atoms with Crippen molar-refractivity contribution in [3.63, 3.8) is 0 Å². The number of pyridine rings is 1. The zero-order valence-corrected chi connectivity index (χ0v) is 9.14. The topological polar surface area (TPSA) is 105 Å². The Morgan fingerprint density at radius 2 is 1.71 bits per heavy atom. The third-order valence-electron chi connectivity index (χ3n) is 2.28. The Balaban J connectivity index is 0.000000239. The summed E-state index contributed by atoms with van der Waals surface area (Å²) < 4.78 is 0. The molecule has 0 atom stereocenters. The molecule has 3 rings (SSSR count). The minimum Gasteiger partial charge on any atom is -0.370 e. The molecule has 2 aromatic heterocycles. The van der Waals surface area contributed by atoms with Crippen LogP contribution in [0.1, 0.15) is 0 Å². The van der Waals surface area contributed by atoms with Crippen LogP contribution in [0.3, 0.4) is 0 Å². The van der Waals surface area contributed by atoms with Gasteiger partial charge in [-0.25, -0.2) is 4.98 Å². The number of nitrogens with zero attached hydrogens (tertiary/aromatic N) is 1.